The number of hydrogen-bond donors (Lipinski definition) is 0. The molecule has 0 spiro atoms. The van der Waals surface area contributed by atoms with Gasteiger partial charge in [0.05, 0.1) is 0 Å². The van der Waals surface area contributed by atoms with Crippen molar-refractivity contribution in [2.75, 3.05) is 0 Å². The van der Waals surface area contributed by atoms with Crippen molar-refractivity contribution in [1.29, 1.82) is 0 Å². The normalized spacial score (nSPS) is 40.4. The highest BCUT2D eigenvalue weighted by molar-refractivity contribution is 9.09. The molecule has 3 rings (SSSR count). The lowest BCUT2D eigenvalue weighted by molar-refractivity contribution is 0.137. The highest BCUT2D eigenvalue weighted by Crippen LogP contribution is 2.59. The Kier molecular flexibility index (Phi) is 1.52. The number of alkyl halides is 1. The van der Waals surface area contributed by atoms with Crippen molar-refractivity contribution in [3.05, 3.63) is 11.1 Å². The highest BCUT2D eigenvalue weighted by atomic mass is 79.9. The standard InChI is InChI=1S/C10H15Br/c1-6-8-4-7(5-9(6)11)10(8,2)3/h7,9H,4-5H2,1-3H3. The smallest absolute Gasteiger partial charge is 0.0357 e. The van der Waals surface area contributed by atoms with Crippen LogP contribution in [-0.4, -0.2) is 4.83 Å². The molecule has 62 valence electrons. The Morgan fingerprint density at radius 2 is 2.09 bits per heavy atom. The van der Waals surface area contributed by atoms with E-state index in [0.717, 1.165) is 5.92 Å². The van der Waals surface area contributed by atoms with Crippen LogP contribution in [0, 0.1) is 11.3 Å². The van der Waals surface area contributed by atoms with Crippen molar-refractivity contribution in [3.8, 4) is 0 Å². The maximum atomic E-state index is 3.72. The number of allylic oxidation sites excluding steroid dienone is 2. The average Bonchev–Trinajstić information content (AvgIpc) is 1.93. The van der Waals surface area contributed by atoms with Gasteiger partial charge in [0, 0.05) is 4.83 Å². The molecule has 1 fully saturated rings. The highest BCUT2D eigenvalue weighted by Gasteiger charge is 2.48. The molecule has 11 heavy (non-hydrogen) atoms. The van der Waals surface area contributed by atoms with E-state index in [9.17, 15) is 0 Å². The number of rotatable bonds is 0. The first kappa shape index (κ1) is 7.85. The van der Waals surface area contributed by atoms with Gasteiger partial charge in [-0.15, -0.1) is 0 Å². The minimum atomic E-state index is 0.536. The Hall–Kier alpha value is 0.220. The summed E-state index contributed by atoms with van der Waals surface area (Å²) >= 11 is 3.72. The monoisotopic (exact) mass is 214 g/mol. The second-order valence-corrected chi connectivity index (χ2v) is 5.59. The van der Waals surface area contributed by atoms with Gasteiger partial charge >= 0.3 is 0 Å². The van der Waals surface area contributed by atoms with Gasteiger partial charge in [0.25, 0.3) is 0 Å². The zero-order chi connectivity index (χ0) is 8.22. The van der Waals surface area contributed by atoms with Crippen LogP contribution in [0.4, 0.5) is 0 Å². The summed E-state index contributed by atoms with van der Waals surface area (Å²) in [6.45, 7) is 7.06. The molecule has 2 unspecified atom stereocenters. The zero-order valence-corrected chi connectivity index (χ0v) is 9.03. The molecule has 0 amide bonds. The molecule has 3 aliphatic carbocycles. The molecule has 0 N–H and O–H groups in total. The summed E-state index contributed by atoms with van der Waals surface area (Å²) in [4.78, 5) is 0.685. The molecular weight excluding hydrogens is 200 g/mol. The molecule has 1 heteroatoms. The van der Waals surface area contributed by atoms with Crippen molar-refractivity contribution >= 4 is 15.9 Å². The number of fused-ring (bicyclic) bond motifs is 2. The maximum absolute atomic E-state index is 3.72. The van der Waals surface area contributed by atoms with E-state index in [1.165, 1.54) is 12.8 Å². The molecule has 0 saturated heterocycles. The Morgan fingerprint density at radius 3 is 2.45 bits per heavy atom. The number of halogens is 1. The van der Waals surface area contributed by atoms with Crippen LogP contribution < -0.4 is 0 Å². The Labute approximate surface area is 77.2 Å². The summed E-state index contributed by atoms with van der Waals surface area (Å²) in [5.74, 6) is 0.950. The Morgan fingerprint density at radius 1 is 1.45 bits per heavy atom. The molecule has 2 atom stereocenters. The first-order valence-corrected chi connectivity index (χ1v) is 5.29. The minimum Gasteiger partial charge on any atom is -0.0842 e. The fourth-order valence-corrected chi connectivity index (χ4v) is 3.27. The summed E-state index contributed by atoms with van der Waals surface area (Å²) in [7, 11) is 0. The lowest BCUT2D eigenvalue weighted by Gasteiger charge is -2.54. The summed E-state index contributed by atoms with van der Waals surface area (Å²) in [5, 5.41) is 0. The largest absolute Gasteiger partial charge is 0.0842 e. The van der Waals surface area contributed by atoms with Crippen molar-refractivity contribution < 1.29 is 0 Å². The molecule has 2 bridgehead atoms. The van der Waals surface area contributed by atoms with Gasteiger partial charge in [-0.1, -0.05) is 40.9 Å². The summed E-state index contributed by atoms with van der Waals surface area (Å²) in [6, 6.07) is 0. The van der Waals surface area contributed by atoms with Gasteiger partial charge < -0.3 is 0 Å². The van der Waals surface area contributed by atoms with E-state index < -0.39 is 0 Å². The maximum Gasteiger partial charge on any atom is 0.0357 e. The van der Waals surface area contributed by atoms with E-state index in [-0.39, 0.29) is 0 Å². The van der Waals surface area contributed by atoms with E-state index >= 15 is 0 Å². The van der Waals surface area contributed by atoms with Gasteiger partial charge in [-0.2, -0.15) is 0 Å². The van der Waals surface area contributed by atoms with Crippen LogP contribution >= 0.6 is 15.9 Å². The molecule has 0 radical (unpaired) electrons. The molecule has 0 heterocycles. The third-order valence-corrected chi connectivity index (χ3v) is 4.75. The van der Waals surface area contributed by atoms with Crippen LogP contribution in [0.5, 0.6) is 0 Å². The topological polar surface area (TPSA) is 0 Å². The predicted molar refractivity (Wildman–Crippen MR) is 51.9 cm³/mol. The third-order valence-electron chi connectivity index (χ3n) is 3.69. The zero-order valence-electron chi connectivity index (χ0n) is 7.45. The van der Waals surface area contributed by atoms with Gasteiger partial charge in [0.1, 0.15) is 0 Å². The van der Waals surface area contributed by atoms with Gasteiger partial charge in [-0.3, -0.25) is 0 Å². The summed E-state index contributed by atoms with van der Waals surface area (Å²) < 4.78 is 0. The predicted octanol–water partition coefficient (Wildman–Crippen LogP) is 3.52. The van der Waals surface area contributed by atoms with Gasteiger partial charge in [0.15, 0.2) is 0 Å². The van der Waals surface area contributed by atoms with E-state index in [2.05, 4.69) is 36.7 Å². The van der Waals surface area contributed by atoms with Crippen LogP contribution in [0.3, 0.4) is 0 Å². The van der Waals surface area contributed by atoms with Gasteiger partial charge in [0.2, 0.25) is 0 Å². The Bertz CT molecular complexity index is 225. The number of hydrogen-bond acceptors (Lipinski definition) is 0. The van der Waals surface area contributed by atoms with E-state index in [4.69, 9.17) is 0 Å². The summed E-state index contributed by atoms with van der Waals surface area (Å²) in [5.41, 5.74) is 3.86. The van der Waals surface area contributed by atoms with Gasteiger partial charge in [-0.25, -0.2) is 0 Å². The molecule has 0 aromatic heterocycles. The van der Waals surface area contributed by atoms with Crippen LogP contribution in [0.2, 0.25) is 0 Å². The van der Waals surface area contributed by atoms with E-state index in [0.29, 0.717) is 10.2 Å². The fourth-order valence-electron chi connectivity index (χ4n) is 2.54. The second-order valence-electron chi connectivity index (χ2n) is 4.49. The molecule has 0 aliphatic heterocycles. The molecule has 0 aromatic carbocycles. The first-order valence-electron chi connectivity index (χ1n) is 4.37. The molecule has 0 aromatic rings. The minimum absolute atomic E-state index is 0.536. The van der Waals surface area contributed by atoms with E-state index in [1.54, 1.807) is 11.1 Å². The van der Waals surface area contributed by atoms with Gasteiger partial charge in [-0.05, 0) is 31.1 Å². The average molecular weight is 215 g/mol. The summed E-state index contributed by atoms with van der Waals surface area (Å²) in [6.07, 6.45) is 2.73. The van der Waals surface area contributed by atoms with Crippen molar-refractivity contribution in [2.45, 2.75) is 38.4 Å². The fraction of sp³-hybridized carbons (Fsp3) is 0.800. The molecule has 0 nitrogen and oxygen atoms in total. The van der Waals surface area contributed by atoms with Crippen LogP contribution in [0.1, 0.15) is 33.6 Å². The first-order chi connectivity index (χ1) is 5.03. The SMILES string of the molecule is CC1=C2CC(CC1Br)C2(C)C. The Balaban J connectivity index is 2.40. The van der Waals surface area contributed by atoms with Crippen LogP contribution in [-0.2, 0) is 0 Å². The molecular formula is C10H15Br. The molecule has 3 aliphatic rings. The van der Waals surface area contributed by atoms with Crippen LogP contribution in [0.15, 0.2) is 11.1 Å². The van der Waals surface area contributed by atoms with Crippen molar-refractivity contribution in [2.24, 2.45) is 11.3 Å². The van der Waals surface area contributed by atoms with Crippen molar-refractivity contribution in [1.82, 2.24) is 0 Å². The van der Waals surface area contributed by atoms with Crippen molar-refractivity contribution in [3.63, 3.8) is 0 Å². The van der Waals surface area contributed by atoms with Crippen LogP contribution in [0.25, 0.3) is 0 Å². The second kappa shape index (κ2) is 2.12. The molecule has 1 saturated carbocycles. The third kappa shape index (κ3) is 0.867. The lowest BCUT2D eigenvalue weighted by Crippen LogP contribution is -2.44. The lowest BCUT2D eigenvalue weighted by atomic mass is 9.52. The quantitative estimate of drug-likeness (QED) is 0.428. The van der Waals surface area contributed by atoms with E-state index in [1.807, 2.05) is 0 Å².